The van der Waals surface area contributed by atoms with Crippen LogP contribution >= 0.6 is 27.7 Å². The lowest BCUT2D eigenvalue weighted by Gasteiger charge is -2.18. The van der Waals surface area contributed by atoms with Crippen molar-refractivity contribution >= 4 is 43.4 Å². The maximum absolute atomic E-state index is 13.0. The smallest absolute Gasteiger partial charge is 0.256 e. The Hall–Kier alpha value is -2.16. The predicted molar refractivity (Wildman–Crippen MR) is 123 cm³/mol. The van der Waals surface area contributed by atoms with Gasteiger partial charge in [-0.2, -0.15) is 0 Å². The molecule has 156 valence electrons. The third-order valence-corrected chi connectivity index (χ3v) is 7.90. The molecule has 5 nitrogen and oxygen atoms in total. The van der Waals surface area contributed by atoms with Crippen LogP contribution in [0.4, 0.5) is 0 Å². The van der Waals surface area contributed by atoms with Crippen molar-refractivity contribution in [3.05, 3.63) is 88.5 Å². The van der Waals surface area contributed by atoms with Crippen molar-refractivity contribution in [2.75, 3.05) is 18.6 Å². The molecule has 0 aliphatic heterocycles. The summed E-state index contributed by atoms with van der Waals surface area (Å²) in [5, 5.41) is 0.536. The van der Waals surface area contributed by atoms with E-state index in [0.29, 0.717) is 27.8 Å². The number of carbonyl (C=O) groups is 1. The highest BCUT2D eigenvalue weighted by Crippen LogP contribution is 2.23. The number of rotatable bonds is 8. The molecule has 0 radical (unpaired) electrons. The van der Waals surface area contributed by atoms with Gasteiger partial charge in [0.05, 0.1) is 16.2 Å². The van der Waals surface area contributed by atoms with Gasteiger partial charge in [-0.1, -0.05) is 46.3 Å². The van der Waals surface area contributed by atoms with Crippen LogP contribution in [0, 0.1) is 0 Å². The Kier molecular flexibility index (Phi) is 7.69. The first kappa shape index (κ1) is 22.5. The Bertz CT molecular complexity index is 1100. The van der Waals surface area contributed by atoms with Gasteiger partial charge in [0.1, 0.15) is 5.03 Å². The van der Waals surface area contributed by atoms with Crippen LogP contribution in [0.2, 0.25) is 0 Å². The Morgan fingerprint density at radius 2 is 1.73 bits per heavy atom. The van der Waals surface area contributed by atoms with Crippen LogP contribution in [0.25, 0.3) is 0 Å². The Balaban J connectivity index is 1.66. The summed E-state index contributed by atoms with van der Waals surface area (Å²) in [7, 11) is -1.63. The minimum absolute atomic E-state index is 0.0272. The lowest BCUT2D eigenvalue weighted by molar-refractivity contribution is 0.0781. The number of sulfone groups is 1. The van der Waals surface area contributed by atoms with Crippen LogP contribution in [-0.4, -0.2) is 42.8 Å². The number of aromatic nitrogens is 1. The molecule has 0 N–H and O–H groups in total. The predicted octanol–water partition coefficient (Wildman–Crippen LogP) is 4.68. The number of hydrogen-bond acceptors (Lipinski definition) is 5. The van der Waals surface area contributed by atoms with Gasteiger partial charge in [0.2, 0.25) is 0 Å². The topological polar surface area (TPSA) is 67.3 Å². The van der Waals surface area contributed by atoms with E-state index >= 15 is 0 Å². The second-order valence-electron chi connectivity index (χ2n) is 6.62. The van der Waals surface area contributed by atoms with Gasteiger partial charge in [0.25, 0.3) is 5.91 Å². The lowest BCUT2D eigenvalue weighted by Crippen LogP contribution is -2.27. The number of thioether (sulfide) groups is 1. The van der Waals surface area contributed by atoms with E-state index in [-0.39, 0.29) is 11.7 Å². The van der Waals surface area contributed by atoms with Crippen molar-refractivity contribution in [3.63, 3.8) is 0 Å². The molecule has 0 spiro atoms. The highest BCUT2D eigenvalue weighted by Gasteiger charge is 2.19. The van der Waals surface area contributed by atoms with E-state index in [1.165, 1.54) is 11.8 Å². The molecule has 1 aromatic heterocycles. The summed E-state index contributed by atoms with van der Waals surface area (Å²) in [6, 6.07) is 19.6. The highest BCUT2D eigenvalue weighted by atomic mass is 79.9. The van der Waals surface area contributed by atoms with Gasteiger partial charge in [-0.05, 0) is 42.0 Å². The normalized spacial score (nSPS) is 11.3. The largest absolute Gasteiger partial charge is 0.337 e. The summed E-state index contributed by atoms with van der Waals surface area (Å²) >= 11 is 4.68. The zero-order valence-electron chi connectivity index (χ0n) is 16.4. The van der Waals surface area contributed by atoms with Gasteiger partial charge in [0, 0.05) is 30.0 Å². The molecule has 0 fully saturated rings. The number of amides is 1. The van der Waals surface area contributed by atoms with E-state index < -0.39 is 9.84 Å². The van der Waals surface area contributed by atoms with Gasteiger partial charge in [-0.25, -0.2) is 13.4 Å². The molecule has 1 amide bonds. The van der Waals surface area contributed by atoms with Crippen molar-refractivity contribution in [2.24, 2.45) is 0 Å². The van der Waals surface area contributed by atoms with Crippen LogP contribution in [0.1, 0.15) is 15.9 Å². The molecule has 0 atom stereocenters. The van der Waals surface area contributed by atoms with Gasteiger partial charge in [0.15, 0.2) is 9.84 Å². The first-order valence-electron chi connectivity index (χ1n) is 9.22. The third-order valence-electron chi connectivity index (χ3n) is 4.37. The van der Waals surface area contributed by atoms with Gasteiger partial charge in [-0.15, -0.1) is 11.8 Å². The zero-order chi connectivity index (χ0) is 21.6. The number of hydrogen-bond donors (Lipinski definition) is 0. The monoisotopic (exact) mass is 504 g/mol. The molecule has 8 heteroatoms. The van der Waals surface area contributed by atoms with Crippen molar-refractivity contribution in [1.29, 1.82) is 0 Å². The van der Waals surface area contributed by atoms with E-state index in [1.54, 1.807) is 60.6 Å². The van der Waals surface area contributed by atoms with Crippen molar-refractivity contribution in [1.82, 2.24) is 9.88 Å². The van der Waals surface area contributed by atoms with E-state index in [1.807, 2.05) is 24.3 Å². The zero-order valence-corrected chi connectivity index (χ0v) is 19.6. The number of pyridine rings is 1. The molecule has 2 aromatic carbocycles. The second kappa shape index (κ2) is 10.2. The Morgan fingerprint density at radius 1 is 1.03 bits per heavy atom. The molecule has 0 saturated heterocycles. The van der Waals surface area contributed by atoms with E-state index in [9.17, 15) is 13.2 Å². The minimum Gasteiger partial charge on any atom is -0.337 e. The molecule has 0 bridgehead atoms. The van der Waals surface area contributed by atoms with Gasteiger partial charge < -0.3 is 4.90 Å². The summed E-state index contributed by atoms with van der Waals surface area (Å²) in [5.41, 5.74) is 1.49. The van der Waals surface area contributed by atoms with Crippen LogP contribution in [0.15, 0.2) is 87.3 Å². The molecular weight excluding hydrogens is 484 g/mol. The van der Waals surface area contributed by atoms with Crippen molar-refractivity contribution in [2.45, 2.75) is 16.5 Å². The second-order valence-corrected chi connectivity index (χ2v) is 10.7. The average Bonchev–Trinajstić information content (AvgIpc) is 2.75. The van der Waals surface area contributed by atoms with Crippen LogP contribution in [-0.2, 0) is 16.4 Å². The molecule has 30 heavy (non-hydrogen) atoms. The molecule has 0 aliphatic carbocycles. The fourth-order valence-electron chi connectivity index (χ4n) is 2.80. The third kappa shape index (κ3) is 5.93. The van der Waals surface area contributed by atoms with Crippen molar-refractivity contribution < 1.29 is 13.2 Å². The van der Waals surface area contributed by atoms with Crippen LogP contribution in [0.5, 0.6) is 0 Å². The van der Waals surface area contributed by atoms with Crippen LogP contribution < -0.4 is 0 Å². The summed E-state index contributed by atoms with van der Waals surface area (Å²) in [5.74, 6) is 0.130. The van der Waals surface area contributed by atoms with E-state index in [0.717, 1.165) is 10.0 Å². The summed E-state index contributed by atoms with van der Waals surface area (Å²) in [4.78, 5) is 19.2. The first-order valence-corrected chi connectivity index (χ1v) is 12.7. The molecule has 0 aliphatic rings. The lowest BCUT2D eigenvalue weighted by atomic mass is 10.2. The number of nitrogens with zero attached hydrogens (tertiary/aromatic N) is 2. The SMILES string of the molecule is CN(Cc1ccc(Br)cc1)C(=O)c1cccnc1SCCS(=O)(=O)c1ccccc1. The maximum atomic E-state index is 13.0. The fourth-order valence-corrected chi connectivity index (χ4v) is 5.73. The molecule has 0 unspecified atom stereocenters. The van der Waals surface area contributed by atoms with Crippen molar-refractivity contribution in [3.8, 4) is 0 Å². The molecular formula is C22H21BrN2O3S2. The molecule has 3 aromatic rings. The Labute approximate surface area is 189 Å². The summed E-state index contributed by atoms with van der Waals surface area (Å²) in [6.45, 7) is 0.466. The standard InChI is InChI=1S/C22H21BrN2O3S2/c1-25(16-17-9-11-18(23)12-10-17)22(26)20-8-5-13-24-21(20)29-14-15-30(27,28)19-6-3-2-4-7-19/h2-13H,14-16H2,1H3. The first-order chi connectivity index (χ1) is 14.4. The Morgan fingerprint density at radius 3 is 2.43 bits per heavy atom. The maximum Gasteiger partial charge on any atom is 0.256 e. The fraction of sp³-hybridized carbons (Fsp3) is 0.182. The van der Waals surface area contributed by atoms with Crippen LogP contribution in [0.3, 0.4) is 0 Å². The van der Waals surface area contributed by atoms with Gasteiger partial charge >= 0.3 is 0 Å². The highest BCUT2D eigenvalue weighted by molar-refractivity contribution is 9.10. The summed E-state index contributed by atoms with van der Waals surface area (Å²) in [6.07, 6.45) is 1.61. The molecule has 0 saturated carbocycles. The number of benzene rings is 2. The number of carbonyl (C=O) groups excluding carboxylic acids is 1. The molecule has 3 rings (SSSR count). The van der Waals surface area contributed by atoms with Gasteiger partial charge in [-0.3, -0.25) is 4.79 Å². The summed E-state index contributed by atoms with van der Waals surface area (Å²) < 4.78 is 25.9. The van der Waals surface area contributed by atoms with E-state index in [2.05, 4.69) is 20.9 Å². The molecule has 1 heterocycles. The van der Waals surface area contributed by atoms with E-state index in [4.69, 9.17) is 0 Å². The number of halogens is 1. The quantitative estimate of drug-likeness (QED) is 0.416. The minimum atomic E-state index is -3.37. The average molecular weight is 505 g/mol.